The van der Waals surface area contributed by atoms with Crippen LogP contribution in [0.4, 0.5) is 8.78 Å². The minimum Gasteiger partial charge on any atom is -0.494 e. The van der Waals surface area contributed by atoms with Gasteiger partial charge in [0.2, 0.25) is 0 Å². The van der Waals surface area contributed by atoms with Crippen LogP contribution in [0.2, 0.25) is 5.02 Å². The average Bonchev–Trinajstić information content (AvgIpc) is 3.10. The molecule has 2 heterocycles. The maximum atomic E-state index is 14.9. The molecular weight excluding hydrogens is 448 g/mol. The van der Waals surface area contributed by atoms with Crippen molar-refractivity contribution in [3.8, 4) is 5.75 Å². The van der Waals surface area contributed by atoms with E-state index in [-0.39, 0.29) is 22.8 Å². The molecule has 0 bridgehead atoms. The van der Waals surface area contributed by atoms with Gasteiger partial charge in [0, 0.05) is 28.7 Å². The number of ether oxygens (including phenoxy) is 2. The van der Waals surface area contributed by atoms with Crippen LogP contribution in [0.3, 0.4) is 0 Å². The predicted octanol–water partition coefficient (Wildman–Crippen LogP) is 2.14. The van der Waals surface area contributed by atoms with Gasteiger partial charge in [-0.25, -0.2) is 8.78 Å². The first-order valence-electron chi connectivity index (χ1n) is 9.85. The molecule has 10 heteroatoms. The molecule has 32 heavy (non-hydrogen) atoms. The lowest BCUT2D eigenvalue weighted by atomic mass is 9.91. The molecule has 3 aromatic rings. The third-order valence-corrected chi connectivity index (χ3v) is 5.91. The molecule has 0 radical (unpaired) electrons. The Hall–Kier alpha value is -2.27. The van der Waals surface area contributed by atoms with Crippen LogP contribution in [0.5, 0.6) is 5.75 Å². The number of fused-ring (bicyclic) bond motifs is 1. The van der Waals surface area contributed by atoms with Gasteiger partial charge in [-0.1, -0.05) is 17.7 Å². The van der Waals surface area contributed by atoms with E-state index in [1.807, 2.05) is 0 Å². The second kappa shape index (κ2) is 8.93. The standard InChI is InChI=1S/C22H22ClF2NO6/c1-31-16-3-2-10(4-14(16)24)7-26-8-13(12-5-11(23)6-15(25)18(12)26)22-21(30)20(29)19(28)17(9-27)32-22/h2-6,8,17,19-22,27-30H,7,9H2,1H3/t17-,19-,20+,21-,22+/m1/s1. The van der Waals surface area contributed by atoms with E-state index in [0.29, 0.717) is 16.5 Å². The summed E-state index contributed by atoms with van der Waals surface area (Å²) in [5, 5.41) is 40.7. The minimum absolute atomic E-state index is 0.0751. The van der Waals surface area contributed by atoms with Crippen LogP contribution in [0, 0.1) is 11.6 Å². The number of aliphatic hydroxyl groups excluding tert-OH is 4. The fourth-order valence-electron chi connectivity index (χ4n) is 4.09. The Bertz CT molecular complexity index is 1140. The summed E-state index contributed by atoms with van der Waals surface area (Å²) in [5.41, 5.74) is 0.958. The van der Waals surface area contributed by atoms with Gasteiger partial charge < -0.3 is 34.5 Å². The molecule has 0 saturated carbocycles. The molecule has 4 N–H and O–H groups in total. The smallest absolute Gasteiger partial charge is 0.165 e. The van der Waals surface area contributed by atoms with Crippen molar-refractivity contribution >= 4 is 22.5 Å². The van der Waals surface area contributed by atoms with E-state index in [4.69, 9.17) is 21.1 Å². The molecule has 1 saturated heterocycles. The zero-order valence-corrected chi connectivity index (χ0v) is 17.7. The fraction of sp³-hybridized carbons (Fsp3) is 0.364. The lowest BCUT2D eigenvalue weighted by Gasteiger charge is -2.40. The molecule has 0 spiro atoms. The topological polar surface area (TPSA) is 104 Å². The monoisotopic (exact) mass is 469 g/mol. The SMILES string of the molecule is COc1ccc(Cn2cc([C@@H]3O[C@H](CO)[C@@H](O)[C@H](O)[C@H]3O)c3cc(Cl)cc(F)c32)cc1F. The second-order valence-electron chi connectivity index (χ2n) is 7.71. The van der Waals surface area contributed by atoms with Crippen molar-refractivity contribution < 1.29 is 38.7 Å². The van der Waals surface area contributed by atoms with Crippen molar-refractivity contribution in [2.45, 2.75) is 37.1 Å². The van der Waals surface area contributed by atoms with E-state index in [1.165, 1.54) is 36.1 Å². The zero-order valence-electron chi connectivity index (χ0n) is 17.0. The lowest BCUT2D eigenvalue weighted by Crippen LogP contribution is -2.55. The highest BCUT2D eigenvalue weighted by molar-refractivity contribution is 6.31. The van der Waals surface area contributed by atoms with Crippen LogP contribution in [-0.4, -0.2) is 63.1 Å². The third-order valence-electron chi connectivity index (χ3n) is 5.69. The number of hydrogen-bond donors (Lipinski definition) is 4. The number of aromatic nitrogens is 1. The van der Waals surface area contributed by atoms with Crippen LogP contribution >= 0.6 is 11.6 Å². The van der Waals surface area contributed by atoms with Crippen molar-refractivity contribution in [2.75, 3.05) is 13.7 Å². The van der Waals surface area contributed by atoms with Crippen molar-refractivity contribution in [3.63, 3.8) is 0 Å². The van der Waals surface area contributed by atoms with Gasteiger partial charge in [0.25, 0.3) is 0 Å². The van der Waals surface area contributed by atoms with Gasteiger partial charge >= 0.3 is 0 Å². The molecule has 2 aromatic carbocycles. The van der Waals surface area contributed by atoms with E-state index in [9.17, 15) is 29.2 Å². The Morgan fingerprint density at radius 3 is 2.47 bits per heavy atom. The van der Waals surface area contributed by atoms with Gasteiger partial charge in [-0.05, 0) is 29.8 Å². The number of nitrogens with zero attached hydrogens (tertiary/aromatic N) is 1. The molecular formula is C22H22ClF2NO6. The number of rotatable bonds is 5. The normalized spacial score (nSPS) is 25.9. The van der Waals surface area contributed by atoms with Gasteiger partial charge in [-0.15, -0.1) is 0 Å². The molecule has 0 unspecified atom stereocenters. The molecule has 4 rings (SSSR count). The van der Waals surface area contributed by atoms with Crippen LogP contribution in [0.1, 0.15) is 17.2 Å². The summed E-state index contributed by atoms with van der Waals surface area (Å²) in [7, 11) is 1.35. The zero-order chi connectivity index (χ0) is 23.2. The van der Waals surface area contributed by atoms with E-state index < -0.39 is 48.8 Å². The Kier molecular flexibility index (Phi) is 6.39. The molecule has 7 nitrogen and oxygen atoms in total. The molecule has 1 fully saturated rings. The highest BCUT2D eigenvalue weighted by Gasteiger charge is 2.45. The predicted molar refractivity (Wildman–Crippen MR) is 112 cm³/mol. The summed E-state index contributed by atoms with van der Waals surface area (Å²) in [6.45, 7) is -0.520. The third kappa shape index (κ3) is 3.96. The van der Waals surface area contributed by atoms with E-state index >= 15 is 0 Å². The lowest BCUT2D eigenvalue weighted by molar-refractivity contribution is -0.231. The van der Waals surface area contributed by atoms with Gasteiger partial charge in [0.1, 0.15) is 36.3 Å². The fourth-order valence-corrected chi connectivity index (χ4v) is 4.30. The van der Waals surface area contributed by atoms with Gasteiger partial charge in [0.15, 0.2) is 11.6 Å². The molecule has 0 amide bonds. The summed E-state index contributed by atoms with van der Waals surface area (Å²) >= 11 is 6.06. The first-order valence-corrected chi connectivity index (χ1v) is 10.2. The first kappa shape index (κ1) is 22.9. The van der Waals surface area contributed by atoms with Crippen LogP contribution in [-0.2, 0) is 11.3 Å². The highest BCUT2D eigenvalue weighted by atomic mass is 35.5. The van der Waals surface area contributed by atoms with Crippen molar-refractivity contribution in [1.29, 1.82) is 0 Å². The maximum absolute atomic E-state index is 14.9. The van der Waals surface area contributed by atoms with E-state index in [2.05, 4.69) is 0 Å². The number of methoxy groups -OCH3 is 1. The minimum atomic E-state index is -1.59. The number of hydrogen-bond acceptors (Lipinski definition) is 6. The van der Waals surface area contributed by atoms with Gasteiger partial charge in [-0.3, -0.25) is 0 Å². The molecule has 172 valence electrons. The second-order valence-corrected chi connectivity index (χ2v) is 8.15. The Morgan fingerprint density at radius 1 is 1.06 bits per heavy atom. The largest absolute Gasteiger partial charge is 0.494 e. The Labute approximate surface area is 187 Å². The summed E-state index contributed by atoms with van der Waals surface area (Å²) in [4.78, 5) is 0. The summed E-state index contributed by atoms with van der Waals surface area (Å²) in [6, 6.07) is 6.98. The molecule has 1 aliphatic rings. The Morgan fingerprint density at radius 2 is 1.81 bits per heavy atom. The van der Waals surface area contributed by atoms with E-state index in [0.717, 1.165) is 6.07 Å². The van der Waals surface area contributed by atoms with Crippen LogP contribution in [0.15, 0.2) is 36.5 Å². The average molecular weight is 470 g/mol. The quantitative estimate of drug-likeness (QED) is 0.456. The summed E-state index contributed by atoms with van der Waals surface area (Å²) in [6.07, 6.45) is -5.46. The summed E-state index contributed by atoms with van der Waals surface area (Å²) < 4.78 is 41.2. The van der Waals surface area contributed by atoms with Crippen LogP contribution in [0.25, 0.3) is 10.9 Å². The van der Waals surface area contributed by atoms with Crippen molar-refractivity contribution in [3.05, 3.63) is 64.3 Å². The molecule has 1 aliphatic heterocycles. The first-order chi connectivity index (χ1) is 15.2. The van der Waals surface area contributed by atoms with Crippen LogP contribution < -0.4 is 4.74 Å². The van der Waals surface area contributed by atoms with Crippen molar-refractivity contribution in [2.24, 2.45) is 0 Å². The highest BCUT2D eigenvalue weighted by Crippen LogP contribution is 2.39. The van der Waals surface area contributed by atoms with Gasteiger partial charge in [0.05, 0.1) is 19.2 Å². The summed E-state index contributed by atoms with van der Waals surface area (Å²) in [5.74, 6) is -1.14. The number of aliphatic hydroxyl groups is 4. The molecule has 5 atom stereocenters. The molecule has 1 aromatic heterocycles. The number of halogens is 3. The van der Waals surface area contributed by atoms with Gasteiger partial charge in [-0.2, -0.15) is 0 Å². The Balaban J connectivity index is 1.81. The molecule has 0 aliphatic carbocycles. The maximum Gasteiger partial charge on any atom is 0.165 e. The van der Waals surface area contributed by atoms with Crippen molar-refractivity contribution in [1.82, 2.24) is 4.57 Å². The van der Waals surface area contributed by atoms with E-state index in [1.54, 1.807) is 6.07 Å². The number of benzene rings is 2.